The molecule has 0 amide bonds. The number of anilines is 3. The van der Waals surface area contributed by atoms with E-state index in [4.69, 9.17) is 16.3 Å². The molecule has 1 aliphatic rings. The molecule has 3 heterocycles. The van der Waals surface area contributed by atoms with Gasteiger partial charge in [0.25, 0.3) is 5.56 Å². The molecule has 14 heteroatoms. The van der Waals surface area contributed by atoms with Gasteiger partial charge in [0.1, 0.15) is 10.5 Å². The second-order valence-corrected chi connectivity index (χ2v) is 10.7. The zero-order chi connectivity index (χ0) is 25.7. The predicted octanol–water partition coefficient (Wildman–Crippen LogP) is 4.25. The number of hydrogen-bond donors (Lipinski definition) is 1. The topological polar surface area (TPSA) is 98.5 Å². The maximum absolute atomic E-state index is 13.4. The summed E-state index contributed by atoms with van der Waals surface area (Å²) in [5.41, 5.74) is -1.27. The number of fused-ring (bicyclic) bond motifs is 1. The van der Waals surface area contributed by atoms with Crippen LogP contribution < -0.4 is 15.2 Å². The molecular weight excluding hydrogens is 511 g/mol. The zero-order valence-corrected chi connectivity index (χ0v) is 20.6. The van der Waals surface area contributed by atoms with E-state index < -0.39 is 33.6 Å². The van der Waals surface area contributed by atoms with Crippen LogP contribution in [-0.2, 0) is 28.0 Å². The van der Waals surface area contributed by atoms with E-state index in [0.717, 1.165) is 48.6 Å². The lowest BCUT2D eigenvalue weighted by Gasteiger charge is -2.25. The minimum atomic E-state index is -4.69. The number of halogens is 4. The number of pyridine rings is 1. The summed E-state index contributed by atoms with van der Waals surface area (Å²) >= 11 is 6.25. The Kier molecular flexibility index (Phi) is 6.53. The van der Waals surface area contributed by atoms with Crippen molar-refractivity contribution in [3.05, 3.63) is 45.3 Å². The fraction of sp³-hybridized carbons (Fsp3) is 0.429. The van der Waals surface area contributed by atoms with Crippen molar-refractivity contribution in [3.8, 4) is 0 Å². The number of nitrogens with zero attached hydrogens (tertiary/aromatic N) is 4. The number of hydrogen-bond acceptors (Lipinski definition) is 6. The number of nitrogens with one attached hydrogen (secondary N) is 1. The molecule has 1 unspecified atom stereocenters. The van der Waals surface area contributed by atoms with E-state index in [9.17, 15) is 26.4 Å². The number of alkyl halides is 3. The van der Waals surface area contributed by atoms with E-state index in [0.29, 0.717) is 13.0 Å². The summed E-state index contributed by atoms with van der Waals surface area (Å²) in [7, 11) is -1.21. The number of ether oxygens (including phenoxy) is 1. The van der Waals surface area contributed by atoms with Gasteiger partial charge >= 0.3 is 6.18 Å². The third-order valence-electron chi connectivity index (χ3n) is 5.88. The minimum Gasteiger partial charge on any atom is -0.357 e. The molecule has 0 aliphatic carbocycles. The minimum absolute atomic E-state index is 0.0261. The highest BCUT2D eigenvalue weighted by Crippen LogP contribution is 2.38. The maximum atomic E-state index is 13.4. The van der Waals surface area contributed by atoms with Crippen LogP contribution in [0.25, 0.3) is 11.0 Å². The lowest BCUT2D eigenvalue weighted by molar-refractivity contribution is -0.137. The van der Waals surface area contributed by atoms with Crippen molar-refractivity contribution in [1.82, 2.24) is 14.3 Å². The normalized spacial score (nSPS) is 17.1. The summed E-state index contributed by atoms with van der Waals surface area (Å²) in [6.07, 6.45) is -1.79. The van der Waals surface area contributed by atoms with Gasteiger partial charge in [-0.05, 0) is 43.5 Å². The summed E-state index contributed by atoms with van der Waals surface area (Å²) in [4.78, 5) is 17.5. The Morgan fingerprint density at radius 2 is 1.94 bits per heavy atom. The standard InChI is InChI=1S/C21H23ClF3N5O4S/c1-28-20(31)18-14(11-16(22)27-19(18)30(28)17-6-4-5-9-34-17)26-13-8-7-12(21(23,24)25)10-15(13)29(2)35(3,32)33/h7-8,10-11,17H,4-6,9H2,1-3H3,(H,26,27). The summed E-state index contributed by atoms with van der Waals surface area (Å²) in [5, 5.41) is 3.07. The maximum Gasteiger partial charge on any atom is 0.416 e. The van der Waals surface area contributed by atoms with Crippen molar-refractivity contribution >= 4 is 49.7 Å². The summed E-state index contributed by atoms with van der Waals surface area (Å²) in [5.74, 6) is 0. The first-order chi connectivity index (χ1) is 16.3. The highest BCUT2D eigenvalue weighted by atomic mass is 35.5. The van der Waals surface area contributed by atoms with Crippen LogP contribution >= 0.6 is 11.6 Å². The summed E-state index contributed by atoms with van der Waals surface area (Å²) < 4.78 is 73.9. The molecule has 1 fully saturated rings. The van der Waals surface area contributed by atoms with Crippen molar-refractivity contribution in [2.75, 3.05) is 29.5 Å². The summed E-state index contributed by atoms with van der Waals surface area (Å²) in [6.45, 7) is 0.525. The van der Waals surface area contributed by atoms with Crippen LogP contribution in [0.5, 0.6) is 0 Å². The van der Waals surface area contributed by atoms with Gasteiger partial charge in [0.05, 0.1) is 28.9 Å². The van der Waals surface area contributed by atoms with E-state index in [1.165, 1.54) is 10.7 Å². The highest BCUT2D eigenvalue weighted by molar-refractivity contribution is 7.92. The second-order valence-electron chi connectivity index (χ2n) is 8.27. The van der Waals surface area contributed by atoms with Gasteiger partial charge in [-0.15, -0.1) is 0 Å². The molecule has 0 radical (unpaired) electrons. The van der Waals surface area contributed by atoms with Crippen molar-refractivity contribution in [3.63, 3.8) is 0 Å². The Morgan fingerprint density at radius 1 is 1.23 bits per heavy atom. The molecule has 4 rings (SSSR count). The van der Waals surface area contributed by atoms with Gasteiger partial charge in [0.2, 0.25) is 10.0 Å². The lowest BCUT2D eigenvalue weighted by atomic mass is 10.1. The molecule has 0 saturated carbocycles. The first-order valence-electron chi connectivity index (χ1n) is 10.6. The monoisotopic (exact) mass is 533 g/mol. The molecule has 2 aromatic heterocycles. The van der Waals surface area contributed by atoms with E-state index in [2.05, 4.69) is 10.3 Å². The Bertz CT molecular complexity index is 1450. The molecule has 3 aromatic rings. The molecule has 1 atom stereocenters. The van der Waals surface area contributed by atoms with Crippen LogP contribution in [0.2, 0.25) is 5.15 Å². The van der Waals surface area contributed by atoms with E-state index >= 15 is 0 Å². The molecule has 9 nitrogen and oxygen atoms in total. The SMILES string of the molecule is CN(c1cc(C(F)(F)F)ccc1Nc1cc(Cl)nc2c1c(=O)n(C)n2C1CCCCO1)S(C)(=O)=O. The Hall–Kier alpha value is -2.77. The van der Waals surface area contributed by atoms with Gasteiger partial charge in [0, 0.05) is 20.7 Å². The van der Waals surface area contributed by atoms with Crippen LogP contribution in [0.1, 0.15) is 31.1 Å². The average molecular weight is 534 g/mol. The molecular formula is C21H23ClF3N5O4S. The molecule has 0 bridgehead atoms. The Labute approximate surface area is 204 Å². The molecule has 190 valence electrons. The molecule has 35 heavy (non-hydrogen) atoms. The highest BCUT2D eigenvalue weighted by Gasteiger charge is 2.32. The Morgan fingerprint density at radius 3 is 2.54 bits per heavy atom. The van der Waals surface area contributed by atoms with Crippen molar-refractivity contribution in [2.45, 2.75) is 31.7 Å². The number of rotatable bonds is 5. The van der Waals surface area contributed by atoms with Gasteiger partial charge in [0.15, 0.2) is 11.9 Å². The van der Waals surface area contributed by atoms with E-state index in [1.54, 1.807) is 11.7 Å². The number of benzene rings is 1. The van der Waals surface area contributed by atoms with E-state index in [-0.39, 0.29) is 33.2 Å². The average Bonchev–Trinajstić information content (AvgIpc) is 3.02. The van der Waals surface area contributed by atoms with Crippen molar-refractivity contribution in [1.29, 1.82) is 0 Å². The summed E-state index contributed by atoms with van der Waals surface area (Å²) in [6, 6.07) is 4.01. The van der Waals surface area contributed by atoms with Crippen LogP contribution in [0.3, 0.4) is 0 Å². The smallest absolute Gasteiger partial charge is 0.357 e. The quantitative estimate of drug-likeness (QED) is 0.492. The van der Waals surface area contributed by atoms with Gasteiger partial charge in [-0.1, -0.05) is 11.6 Å². The fourth-order valence-electron chi connectivity index (χ4n) is 4.02. The number of aromatic nitrogens is 3. The second kappa shape index (κ2) is 9.03. The zero-order valence-electron chi connectivity index (χ0n) is 19.1. The van der Waals surface area contributed by atoms with Crippen molar-refractivity contribution in [2.24, 2.45) is 7.05 Å². The third kappa shape index (κ3) is 4.84. The van der Waals surface area contributed by atoms with Crippen LogP contribution in [0, 0.1) is 0 Å². The molecule has 1 aliphatic heterocycles. The van der Waals surface area contributed by atoms with Crippen LogP contribution in [-0.4, -0.2) is 42.7 Å². The molecule has 1 N–H and O–H groups in total. The first kappa shape index (κ1) is 25.3. The first-order valence-corrected chi connectivity index (χ1v) is 12.8. The van der Waals surface area contributed by atoms with Crippen molar-refractivity contribution < 1.29 is 26.3 Å². The van der Waals surface area contributed by atoms with Crippen LogP contribution in [0.15, 0.2) is 29.1 Å². The van der Waals surface area contributed by atoms with E-state index in [1.807, 2.05) is 0 Å². The number of sulfonamides is 1. The van der Waals surface area contributed by atoms with Gasteiger partial charge in [-0.3, -0.25) is 9.10 Å². The fourth-order valence-corrected chi connectivity index (χ4v) is 4.72. The predicted molar refractivity (Wildman–Crippen MR) is 127 cm³/mol. The van der Waals surface area contributed by atoms with Gasteiger partial charge < -0.3 is 10.1 Å². The Balaban J connectivity index is 1.89. The van der Waals surface area contributed by atoms with Crippen LogP contribution in [0.4, 0.5) is 30.2 Å². The van der Waals surface area contributed by atoms with Gasteiger partial charge in [-0.25, -0.2) is 22.8 Å². The lowest BCUT2D eigenvalue weighted by Crippen LogP contribution is -2.27. The van der Waals surface area contributed by atoms with Gasteiger partial charge in [-0.2, -0.15) is 13.2 Å². The molecule has 0 spiro atoms. The third-order valence-corrected chi connectivity index (χ3v) is 7.26. The molecule has 1 aromatic carbocycles. The largest absolute Gasteiger partial charge is 0.416 e. The molecule has 1 saturated heterocycles.